The second-order valence-corrected chi connectivity index (χ2v) is 11.9. The molecule has 0 unspecified atom stereocenters. The molecule has 0 spiro atoms. The van der Waals surface area contributed by atoms with Gasteiger partial charge in [0.15, 0.2) is 5.82 Å². The molecule has 5 N–H and O–H groups in total. The summed E-state index contributed by atoms with van der Waals surface area (Å²) in [5, 5.41) is 20.8. The van der Waals surface area contributed by atoms with Crippen molar-refractivity contribution in [3.8, 4) is 0 Å². The second kappa shape index (κ2) is 12.3. The fraction of sp³-hybridized carbons (Fsp3) is 0.621. The third-order valence-electron chi connectivity index (χ3n) is 8.88. The molecule has 3 saturated carbocycles. The minimum atomic E-state index is -0.0325. The molecule has 0 aliphatic heterocycles. The van der Waals surface area contributed by atoms with Crippen LogP contribution in [0, 0.1) is 6.92 Å². The van der Waals surface area contributed by atoms with E-state index in [9.17, 15) is 4.79 Å². The minimum absolute atomic E-state index is 0.0325. The zero-order valence-electron chi connectivity index (χ0n) is 23.4. The number of carbonyl (C=O) groups is 1. The number of hydrogen-bond acceptors (Lipinski definition) is 7. The summed E-state index contributed by atoms with van der Waals surface area (Å²) < 4.78 is 2.22. The summed E-state index contributed by atoms with van der Waals surface area (Å²) in [5.41, 5.74) is 2.26. The number of aromatic amines is 1. The van der Waals surface area contributed by atoms with Crippen LogP contribution in [-0.2, 0) is 0 Å². The Morgan fingerprint density at radius 1 is 0.900 bits per heavy atom. The second-order valence-electron chi connectivity index (χ2n) is 11.9. The van der Waals surface area contributed by atoms with E-state index in [0.717, 1.165) is 68.7 Å². The van der Waals surface area contributed by atoms with Crippen LogP contribution in [0.15, 0.2) is 30.9 Å². The van der Waals surface area contributed by atoms with Gasteiger partial charge in [0.1, 0.15) is 5.82 Å². The highest BCUT2D eigenvalue weighted by Gasteiger charge is 2.26. The number of rotatable bonds is 8. The first-order valence-corrected chi connectivity index (χ1v) is 15.1. The van der Waals surface area contributed by atoms with Gasteiger partial charge in [-0.25, -0.2) is 14.8 Å². The smallest absolute Gasteiger partial charge is 0.315 e. The van der Waals surface area contributed by atoms with Gasteiger partial charge in [0.05, 0.1) is 12.0 Å². The van der Waals surface area contributed by atoms with Gasteiger partial charge in [-0.1, -0.05) is 12.8 Å². The van der Waals surface area contributed by atoms with Crippen LogP contribution in [0.2, 0.25) is 0 Å². The van der Waals surface area contributed by atoms with E-state index >= 15 is 0 Å². The Morgan fingerprint density at radius 2 is 1.60 bits per heavy atom. The first-order chi connectivity index (χ1) is 19.6. The summed E-state index contributed by atoms with van der Waals surface area (Å²) in [5.74, 6) is 2.73. The van der Waals surface area contributed by atoms with Gasteiger partial charge in [0.25, 0.3) is 0 Å². The van der Waals surface area contributed by atoms with Crippen LogP contribution >= 0.6 is 0 Å². The van der Waals surface area contributed by atoms with Crippen molar-refractivity contribution in [3.05, 3.63) is 42.2 Å². The molecule has 6 rings (SSSR count). The lowest BCUT2D eigenvalue weighted by Gasteiger charge is -2.32. The van der Waals surface area contributed by atoms with E-state index in [4.69, 9.17) is 0 Å². The molecule has 40 heavy (non-hydrogen) atoms. The highest BCUT2D eigenvalue weighted by atomic mass is 16.2. The third kappa shape index (κ3) is 6.74. The number of nitrogens with one attached hydrogen (secondary N) is 5. The van der Waals surface area contributed by atoms with E-state index in [1.165, 1.54) is 31.4 Å². The molecule has 214 valence electrons. The van der Waals surface area contributed by atoms with E-state index < -0.39 is 0 Å². The molecule has 3 aliphatic carbocycles. The molecule has 3 heterocycles. The molecule has 0 radical (unpaired) electrons. The van der Waals surface area contributed by atoms with Crippen LogP contribution in [-0.4, -0.2) is 53.9 Å². The summed E-state index contributed by atoms with van der Waals surface area (Å²) in [4.78, 5) is 26.1. The average molecular weight is 547 g/mol. The summed E-state index contributed by atoms with van der Waals surface area (Å²) >= 11 is 0. The van der Waals surface area contributed by atoms with Gasteiger partial charge in [-0.15, -0.1) is 0 Å². The summed E-state index contributed by atoms with van der Waals surface area (Å²) in [6.07, 6.45) is 18.8. The molecular weight excluding hydrogens is 504 g/mol. The molecule has 3 aromatic heterocycles. The van der Waals surface area contributed by atoms with Crippen LogP contribution in [0.25, 0.3) is 0 Å². The zero-order chi connectivity index (χ0) is 27.3. The third-order valence-corrected chi connectivity index (χ3v) is 8.88. The topological polar surface area (TPSA) is 137 Å². The van der Waals surface area contributed by atoms with Crippen molar-refractivity contribution in [2.75, 3.05) is 10.6 Å². The Balaban J connectivity index is 0.909. The van der Waals surface area contributed by atoms with Gasteiger partial charge >= 0.3 is 6.03 Å². The van der Waals surface area contributed by atoms with Gasteiger partial charge < -0.3 is 25.8 Å². The first-order valence-electron chi connectivity index (χ1n) is 15.1. The van der Waals surface area contributed by atoms with Crippen molar-refractivity contribution in [2.45, 2.75) is 114 Å². The molecule has 0 atom stereocenters. The van der Waals surface area contributed by atoms with E-state index in [2.05, 4.69) is 63.2 Å². The number of imidazole rings is 1. The predicted molar refractivity (Wildman–Crippen MR) is 155 cm³/mol. The Kier molecular flexibility index (Phi) is 8.15. The first kappa shape index (κ1) is 26.6. The molecule has 0 aromatic carbocycles. The number of nitrogens with zero attached hydrogens (tertiary/aromatic N) is 5. The number of urea groups is 1. The molecule has 2 amide bonds. The predicted octanol–water partition coefficient (Wildman–Crippen LogP) is 5.31. The average Bonchev–Trinajstić information content (AvgIpc) is 3.73. The van der Waals surface area contributed by atoms with Crippen LogP contribution in [0.5, 0.6) is 0 Å². The van der Waals surface area contributed by atoms with Gasteiger partial charge in [-0.3, -0.25) is 5.10 Å². The van der Waals surface area contributed by atoms with Crippen LogP contribution in [0.1, 0.15) is 100 Å². The van der Waals surface area contributed by atoms with Crippen molar-refractivity contribution < 1.29 is 4.79 Å². The molecule has 3 aliphatic rings. The van der Waals surface area contributed by atoms with Crippen molar-refractivity contribution in [2.24, 2.45) is 0 Å². The Labute approximate surface area is 235 Å². The van der Waals surface area contributed by atoms with Gasteiger partial charge in [-0.2, -0.15) is 10.1 Å². The molecule has 3 aromatic rings. The number of hydrogen-bond donors (Lipinski definition) is 5. The molecule has 3 fully saturated rings. The summed E-state index contributed by atoms with van der Waals surface area (Å²) in [7, 11) is 0. The van der Waals surface area contributed by atoms with Crippen LogP contribution in [0.3, 0.4) is 0 Å². The lowest BCUT2D eigenvalue weighted by molar-refractivity contribution is 0.219. The summed E-state index contributed by atoms with van der Waals surface area (Å²) in [6.45, 7) is 2.02. The normalized spacial score (nSPS) is 25.4. The number of aryl methyl sites for hydroxylation is 1. The molecular formula is C29H42N10O. The number of carbonyl (C=O) groups excluding carboxylic acids is 1. The molecule has 0 bridgehead atoms. The van der Waals surface area contributed by atoms with E-state index in [1.807, 2.05) is 19.3 Å². The molecule has 11 heteroatoms. The Hall–Kier alpha value is -3.63. The van der Waals surface area contributed by atoms with E-state index in [-0.39, 0.29) is 24.2 Å². The lowest BCUT2D eigenvalue weighted by atomic mass is 9.90. The van der Waals surface area contributed by atoms with E-state index in [1.54, 1.807) is 6.20 Å². The monoisotopic (exact) mass is 546 g/mol. The zero-order valence-corrected chi connectivity index (χ0v) is 23.4. The number of aromatic nitrogens is 6. The Bertz CT molecular complexity index is 1250. The van der Waals surface area contributed by atoms with Gasteiger partial charge in [-0.05, 0) is 77.2 Å². The molecule has 0 saturated heterocycles. The fourth-order valence-corrected chi connectivity index (χ4v) is 6.61. The minimum Gasteiger partial charge on any atom is -0.351 e. The van der Waals surface area contributed by atoms with E-state index in [0.29, 0.717) is 17.9 Å². The van der Waals surface area contributed by atoms with Crippen molar-refractivity contribution in [1.29, 1.82) is 0 Å². The van der Waals surface area contributed by atoms with Crippen LogP contribution in [0.4, 0.5) is 22.4 Å². The fourth-order valence-electron chi connectivity index (χ4n) is 6.61. The lowest BCUT2D eigenvalue weighted by Crippen LogP contribution is -2.48. The number of amides is 2. The van der Waals surface area contributed by atoms with Crippen molar-refractivity contribution in [3.63, 3.8) is 0 Å². The standard InChI is InChI=1S/C29H42N10O/c1-19-17-39(18-31-19)24-12-10-23(11-13-24)34-29(40)33-22-8-6-21(7-9-22)32-28-30-15-14-26(36-28)35-27-16-25(37-38-27)20-4-2-3-5-20/h14-18,20-24H,2-13H2,1H3,(H2,33,34,40)(H3,30,32,35,36,37,38). The van der Waals surface area contributed by atoms with Crippen LogP contribution < -0.4 is 21.3 Å². The Morgan fingerprint density at radius 3 is 2.30 bits per heavy atom. The maximum absolute atomic E-state index is 12.7. The van der Waals surface area contributed by atoms with Gasteiger partial charge in [0.2, 0.25) is 5.95 Å². The quantitative estimate of drug-likeness (QED) is 0.258. The van der Waals surface area contributed by atoms with Gasteiger partial charge in [0, 0.05) is 54.2 Å². The number of H-pyrrole nitrogens is 1. The SMILES string of the molecule is Cc1cn(C2CCC(NC(=O)NC3CCC(Nc4nccc(Nc5cc(C6CCCC6)[nH]n5)n4)CC3)CC2)cn1. The summed E-state index contributed by atoms with van der Waals surface area (Å²) in [6, 6.07) is 5.15. The molecule has 11 nitrogen and oxygen atoms in total. The highest BCUT2D eigenvalue weighted by Crippen LogP contribution is 2.34. The maximum atomic E-state index is 12.7. The largest absolute Gasteiger partial charge is 0.351 e. The van der Waals surface area contributed by atoms with Crippen molar-refractivity contribution in [1.82, 2.24) is 40.3 Å². The van der Waals surface area contributed by atoms with Crippen molar-refractivity contribution >= 4 is 23.6 Å². The highest BCUT2D eigenvalue weighted by molar-refractivity contribution is 5.74. The number of anilines is 3. The maximum Gasteiger partial charge on any atom is 0.315 e.